The largest absolute Gasteiger partial charge is 0.345 e. The number of aryl methyl sites for hydroxylation is 1. The number of hydrogen-bond donors (Lipinski definition) is 0. The van der Waals surface area contributed by atoms with Crippen LogP contribution in [0.25, 0.3) is 0 Å². The first-order valence-corrected chi connectivity index (χ1v) is 3.92. The van der Waals surface area contributed by atoms with Gasteiger partial charge in [-0.3, -0.25) is 4.79 Å². The summed E-state index contributed by atoms with van der Waals surface area (Å²) in [6, 6.07) is 3.66. The van der Waals surface area contributed by atoms with Crippen molar-refractivity contribution in [2.24, 2.45) is 0 Å². The second-order valence-electron chi connectivity index (χ2n) is 2.55. The molecule has 1 aromatic heterocycles. The lowest BCUT2D eigenvalue weighted by molar-refractivity contribution is 0.111. The number of carbonyl (C=O) groups excluding carboxylic acids is 1. The maximum Gasteiger partial charge on any atom is 0.166 e. The smallest absolute Gasteiger partial charge is 0.166 e. The molecule has 0 spiro atoms. The summed E-state index contributed by atoms with van der Waals surface area (Å²) in [5.41, 5.74) is 0.715. The predicted molar refractivity (Wildman–Crippen MR) is 47.9 cm³/mol. The molecule has 0 aliphatic carbocycles. The number of carbonyl (C=O) groups is 1. The van der Waals surface area contributed by atoms with Crippen LogP contribution in [0.15, 0.2) is 18.3 Å². The highest BCUT2D eigenvalue weighted by molar-refractivity contribution is 5.72. The van der Waals surface area contributed by atoms with Gasteiger partial charge >= 0.3 is 0 Å². The highest BCUT2D eigenvalue weighted by atomic mass is 16.1. The molecule has 0 saturated carbocycles. The van der Waals surface area contributed by atoms with Crippen LogP contribution in [-0.4, -0.2) is 10.9 Å². The van der Waals surface area contributed by atoms with E-state index in [1.807, 2.05) is 16.8 Å². The Balaban J connectivity index is 2.51. The Kier molecular flexibility index (Phi) is 3.16. The van der Waals surface area contributed by atoms with Crippen LogP contribution in [0.4, 0.5) is 0 Å². The van der Waals surface area contributed by atoms with E-state index < -0.39 is 0 Å². The minimum Gasteiger partial charge on any atom is -0.345 e. The lowest BCUT2D eigenvalue weighted by Crippen LogP contribution is -2.00. The van der Waals surface area contributed by atoms with E-state index in [1.54, 1.807) is 6.07 Å². The Labute approximate surface area is 72.2 Å². The summed E-state index contributed by atoms with van der Waals surface area (Å²) in [4.78, 5) is 10.5. The molecular weight excluding hydrogens is 150 g/mol. The summed E-state index contributed by atoms with van der Waals surface area (Å²) in [6.45, 7) is 0.825. The normalized spacial score (nSPS) is 9.25. The van der Waals surface area contributed by atoms with Crippen LogP contribution in [0.5, 0.6) is 0 Å². The molecule has 0 bridgehead atoms. The molecule has 0 amide bonds. The van der Waals surface area contributed by atoms with Crippen molar-refractivity contribution in [1.29, 1.82) is 0 Å². The summed E-state index contributed by atoms with van der Waals surface area (Å²) in [6.07, 6.45) is 9.54. The average Bonchev–Trinajstić information content (AvgIpc) is 2.52. The number of unbranched alkanes of at least 4 members (excludes halogenated alkanes) is 1. The second-order valence-corrected chi connectivity index (χ2v) is 2.55. The van der Waals surface area contributed by atoms with E-state index in [0.29, 0.717) is 5.69 Å². The third-order valence-electron chi connectivity index (χ3n) is 1.71. The molecule has 2 heteroatoms. The van der Waals surface area contributed by atoms with Crippen LogP contribution in [0.3, 0.4) is 0 Å². The Bertz CT molecular complexity index is 293. The fraction of sp³-hybridized carbons (Fsp3) is 0.300. The quantitative estimate of drug-likeness (QED) is 0.374. The third kappa shape index (κ3) is 2.00. The number of rotatable bonds is 4. The molecule has 0 aromatic carbocycles. The lowest BCUT2D eigenvalue weighted by atomic mass is 10.3. The van der Waals surface area contributed by atoms with Gasteiger partial charge in [0.1, 0.15) is 0 Å². The van der Waals surface area contributed by atoms with Crippen LogP contribution < -0.4 is 0 Å². The van der Waals surface area contributed by atoms with Crippen LogP contribution in [0, 0.1) is 12.3 Å². The number of terminal acetylenes is 1. The highest BCUT2D eigenvalue weighted by Crippen LogP contribution is 2.01. The molecule has 2 nitrogen and oxygen atoms in total. The fourth-order valence-electron chi connectivity index (χ4n) is 1.09. The first-order valence-electron chi connectivity index (χ1n) is 3.92. The van der Waals surface area contributed by atoms with Crippen molar-refractivity contribution in [3.63, 3.8) is 0 Å². The van der Waals surface area contributed by atoms with Gasteiger partial charge in [0.15, 0.2) is 6.29 Å². The first-order chi connectivity index (χ1) is 5.88. The zero-order chi connectivity index (χ0) is 8.81. The molecule has 12 heavy (non-hydrogen) atoms. The average molecular weight is 161 g/mol. The molecule has 1 aromatic rings. The van der Waals surface area contributed by atoms with Crippen molar-refractivity contribution in [3.05, 3.63) is 24.0 Å². The number of nitrogens with zero attached hydrogens (tertiary/aromatic N) is 1. The zero-order valence-electron chi connectivity index (χ0n) is 6.86. The van der Waals surface area contributed by atoms with Crippen molar-refractivity contribution in [2.45, 2.75) is 19.4 Å². The van der Waals surface area contributed by atoms with Gasteiger partial charge in [0.25, 0.3) is 0 Å². The van der Waals surface area contributed by atoms with Crippen LogP contribution in [0.1, 0.15) is 23.3 Å². The van der Waals surface area contributed by atoms with E-state index in [1.165, 1.54) is 0 Å². The van der Waals surface area contributed by atoms with E-state index in [4.69, 9.17) is 6.42 Å². The summed E-state index contributed by atoms with van der Waals surface area (Å²) >= 11 is 0. The van der Waals surface area contributed by atoms with Crippen molar-refractivity contribution in [2.75, 3.05) is 0 Å². The molecule has 0 unspecified atom stereocenters. The van der Waals surface area contributed by atoms with E-state index >= 15 is 0 Å². The minimum atomic E-state index is 0.715. The van der Waals surface area contributed by atoms with Gasteiger partial charge in [-0.1, -0.05) is 0 Å². The molecular formula is C10H11NO. The summed E-state index contributed by atoms with van der Waals surface area (Å²) in [5, 5.41) is 0. The lowest BCUT2D eigenvalue weighted by Gasteiger charge is -2.01. The maximum atomic E-state index is 10.5. The second kappa shape index (κ2) is 4.40. The first kappa shape index (κ1) is 8.61. The summed E-state index contributed by atoms with van der Waals surface area (Å²) < 4.78 is 1.91. The van der Waals surface area contributed by atoms with Gasteiger partial charge in [-0.05, 0) is 18.6 Å². The SMILES string of the molecule is C#CCCCn1cccc1C=O. The van der Waals surface area contributed by atoms with Crippen LogP contribution >= 0.6 is 0 Å². The van der Waals surface area contributed by atoms with Gasteiger partial charge in [0.05, 0.1) is 5.69 Å². The maximum absolute atomic E-state index is 10.5. The molecule has 0 aliphatic heterocycles. The zero-order valence-corrected chi connectivity index (χ0v) is 6.86. The Morgan fingerprint density at radius 3 is 3.17 bits per heavy atom. The molecule has 0 saturated heterocycles. The van der Waals surface area contributed by atoms with Gasteiger partial charge in [-0.2, -0.15) is 0 Å². The van der Waals surface area contributed by atoms with E-state index in [0.717, 1.165) is 25.7 Å². The van der Waals surface area contributed by atoms with Gasteiger partial charge < -0.3 is 4.57 Å². The van der Waals surface area contributed by atoms with Crippen molar-refractivity contribution in [1.82, 2.24) is 4.57 Å². The standard InChI is InChI=1S/C10H11NO/c1-2-3-4-7-11-8-5-6-10(11)9-12/h1,5-6,8-9H,3-4,7H2. The molecule has 0 N–H and O–H groups in total. The number of aromatic nitrogens is 1. The van der Waals surface area contributed by atoms with Gasteiger partial charge in [-0.25, -0.2) is 0 Å². The van der Waals surface area contributed by atoms with Gasteiger partial charge in [0.2, 0.25) is 0 Å². The Morgan fingerprint density at radius 1 is 1.67 bits per heavy atom. The fourth-order valence-corrected chi connectivity index (χ4v) is 1.09. The van der Waals surface area contributed by atoms with Gasteiger partial charge in [-0.15, -0.1) is 12.3 Å². The molecule has 1 rings (SSSR count). The topological polar surface area (TPSA) is 22.0 Å². The molecule has 0 aliphatic rings. The molecule has 1 heterocycles. The predicted octanol–water partition coefficient (Wildman–Crippen LogP) is 1.71. The molecule has 0 atom stereocenters. The number of hydrogen-bond acceptors (Lipinski definition) is 1. The minimum absolute atomic E-state index is 0.715. The van der Waals surface area contributed by atoms with Crippen LogP contribution in [-0.2, 0) is 6.54 Å². The highest BCUT2D eigenvalue weighted by Gasteiger charge is 1.96. The molecule has 0 fully saturated rings. The number of aldehydes is 1. The van der Waals surface area contributed by atoms with Crippen LogP contribution in [0.2, 0.25) is 0 Å². The van der Waals surface area contributed by atoms with Crippen molar-refractivity contribution in [3.8, 4) is 12.3 Å². The third-order valence-corrected chi connectivity index (χ3v) is 1.71. The Hall–Kier alpha value is -1.49. The van der Waals surface area contributed by atoms with E-state index in [-0.39, 0.29) is 0 Å². The van der Waals surface area contributed by atoms with Crippen molar-refractivity contribution >= 4 is 6.29 Å². The molecule has 0 radical (unpaired) electrons. The van der Waals surface area contributed by atoms with E-state index in [9.17, 15) is 4.79 Å². The molecule has 62 valence electrons. The van der Waals surface area contributed by atoms with Crippen molar-refractivity contribution < 1.29 is 4.79 Å². The monoisotopic (exact) mass is 161 g/mol. The Morgan fingerprint density at radius 2 is 2.50 bits per heavy atom. The summed E-state index contributed by atoms with van der Waals surface area (Å²) in [7, 11) is 0. The van der Waals surface area contributed by atoms with E-state index in [2.05, 4.69) is 5.92 Å². The van der Waals surface area contributed by atoms with Gasteiger partial charge in [0, 0.05) is 19.2 Å². The summed E-state index contributed by atoms with van der Waals surface area (Å²) in [5.74, 6) is 2.57.